The molecule has 0 radical (unpaired) electrons. The summed E-state index contributed by atoms with van der Waals surface area (Å²) in [5.74, 6) is 0. The van der Waals surface area contributed by atoms with E-state index in [1.807, 2.05) is 73.3 Å². The monoisotopic (exact) mass is 749 g/mol. The predicted octanol–water partition coefficient (Wildman–Crippen LogP) is 9.44. The molecule has 5 heterocycles. The van der Waals surface area contributed by atoms with Crippen LogP contribution in [0.15, 0.2) is 158 Å². The molecule has 0 unspecified atom stereocenters. The van der Waals surface area contributed by atoms with Gasteiger partial charge in [0, 0.05) is 74.8 Å². The number of pyridine rings is 5. The van der Waals surface area contributed by atoms with Crippen LogP contribution < -0.4 is 0 Å². The molecule has 8 aromatic rings. The summed E-state index contributed by atoms with van der Waals surface area (Å²) < 4.78 is 6.55. The van der Waals surface area contributed by atoms with Crippen LogP contribution in [0.4, 0.5) is 0 Å². The Balaban J connectivity index is 1.18. The van der Waals surface area contributed by atoms with Gasteiger partial charge in [0.25, 0.3) is 0 Å². The maximum Gasteiger partial charge on any atom is 0.0758 e. The van der Waals surface area contributed by atoms with Crippen LogP contribution in [0, 0.1) is 6.92 Å². The van der Waals surface area contributed by atoms with Crippen LogP contribution in [0.5, 0.6) is 0 Å². The van der Waals surface area contributed by atoms with Gasteiger partial charge < -0.3 is 4.74 Å². The average molecular weight is 750 g/mol. The van der Waals surface area contributed by atoms with Crippen molar-refractivity contribution in [2.75, 3.05) is 6.61 Å². The molecule has 284 valence electrons. The van der Waals surface area contributed by atoms with Crippen molar-refractivity contribution in [1.29, 1.82) is 0 Å². The first-order valence-corrected chi connectivity index (χ1v) is 19.6. The summed E-state index contributed by atoms with van der Waals surface area (Å²) in [6.07, 6.45) is 8.29. The number of hydrogen-bond donors (Lipinski definition) is 0. The lowest BCUT2D eigenvalue weighted by atomic mass is 9.98. The third-order valence-corrected chi connectivity index (χ3v) is 10.3. The van der Waals surface area contributed by atoms with E-state index in [2.05, 4.69) is 122 Å². The topological polar surface area (TPSA) is 80.2 Å². The maximum atomic E-state index is 6.55. The molecule has 0 aliphatic heterocycles. The second kappa shape index (κ2) is 18.6. The number of para-hydroxylation sites is 2. The quantitative estimate of drug-likeness (QED) is 0.0673. The lowest BCUT2D eigenvalue weighted by Gasteiger charge is -2.24. The zero-order chi connectivity index (χ0) is 38.7. The van der Waals surface area contributed by atoms with Gasteiger partial charge in [-0.25, -0.2) is 4.98 Å². The molecule has 57 heavy (non-hydrogen) atoms. The molecule has 0 aliphatic carbocycles. The Hall–Kier alpha value is -6.19. The molecule has 8 heteroatoms. The minimum Gasteiger partial charge on any atom is -0.376 e. The number of rotatable bonds is 17. The lowest BCUT2D eigenvalue weighted by Crippen LogP contribution is -2.24. The molecule has 8 rings (SSSR count). The van der Waals surface area contributed by atoms with E-state index in [0.29, 0.717) is 52.5 Å². The Morgan fingerprint density at radius 1 is 0.456 bits per heavy atom. The zero-order valence-corrected chi connectivity index (χ0v) is 32.4. The normalized spacial score (nSPS) is 11.6. The van der Waals surface area contributed by atoms with Crippen molar-refractivity contribution in [2.45, 2.75) is 59.2 Å². The summed E-state index contributed by atoms with van der Waals surface area (Å²) in [5, 5.41) is 2.23. The number of nitrogens with zero attached hydrogens (tertiary/aromatic N) is 7. The van der Waals surface area contributed by atoms with Gasteiger partial charge in [-0.05, 0) is 84.1 Å². The van der Waals surface area contributed by atoms with E-state index in [0.717, 1.165) is 67.7 Å². The first-order chi connectivity index (χ1) is 28.1. The van der Waals surface area contributed by atoms with Gasteiger partial charge in [-0.15, -0.1) is 0 Å². The molecule has 0 saturated carbocycles. The molecule has 3 aromatic carbocycles. The number of fused-ring (bicyclic) bond motifs is 2. The fraction of sp³-hybridized carbons (Fsp3) is 0.204. The Kier molecular flexibility index (Phi) is 12.3. The molecule has 0 spiro atoms. The third kappa shape index (κ3) is 9.98. The van der Waals surface area contributed by atoms with Crippen LogP contribution in [0.3, 0.4) is 0 Å². The van der Waals surface area contributed by atoms with Crippen molar-refractivity contribution in [3.05, 3.63) is 209 Å². The van der Waals surface area contributed by atoms with Crippen molar-refractivity contribution in [2.24, 2.45) is 0 Å². The summed E-state index contributed by atoms with van der Waals surface area (Å²) in [4.78, 5) is 29.1. The Labute approximate surface area is 334 Å². The van der Waals surface area contributed by atoms with E-state index in [-0.39, 0.29) is 0 Å². The Morgan fingerprint density at radius 2 is 0.895 bits per heavy atom. The van der Waals surface area contributed by atoms with E-state index < -0.39 is 0 Å². The van der Waals surface area contributed by atoms with Crippen LogP contribution in [0.25, 0.3) is 21.8 Å². The Bertz CT molecular complexity index is 2250. The minimum absolute atomic E-state index is 0.478. The summed E-state index contributed by atoms with van der Waals surface area (Å²) in [6.45, 7) is 7.28. The molecule has 0 saturated heterocycles. The summed E-state index contributed by atoms with van der Waals surface area (Å²) in [6, 6.07) is 46.2. The van der Waals surface area contributed by atoms with Crippen LogP contribution >= 0.6 is 0 Å². The molecule has 8 nitrogen and oxygen atoms in total. The van der Waals surface area contributed by atoms with Crippen LogP contribution in [-0.4, -0.2) is 41.3 Å². The smallest absolute Gasteiger partial charge is 0.0758 e. The first-order valence-electron chi connectivity index (χ1n) is 19.6. The van der Waals surface area contributed by atoms with Crippen LogP contribution in [0.2, 0.25) is 0 Å². The summed E-state index contributed by atoms with van der Waals surface area (Å²) >= 11 is 0. The standard InChI is InChI=1S/C49H47N7O/c1-37-20-22-38(23-21-37)24-29-57-36-47-45-18-10-12-39(30-55(32-41-14-2-6-25-50-41)33-42-15-3-7-26-51-42)48(45)54-49-40(13-11-19-46(47)49)31-56(34-43-16-4-8-27-52-43)35-44-17-5-9-28-53-44/h2-23,25-28H,24,29-36H2,1H3. The van der Waals surface area contributed by atoms with E-state index in [1.54, 1.807) is 0 Å². The molecule has 0 fully saturated rings. The van der Waals surface area contributed by atoms with Gasteiger partial charge in [-0.1, -0.05) is 90.5 Å². The molecule has 0 N–H and O–H groups in total. The van der Waals surface area contributed by atoms with Crippen molar-refractivity contribution in [1.82, 2.24) is 34.7 Å². The summed E-state index contributed by atoms with van der Waals surface area (Å²) in [5.41, 5.74) is 12.0. The SMILES string of the molecule is Cc1ccc(CCOCc2c3cccc(CN(Cc4ccccn4)Cc4ccccn4)c3nc3c(CN(Cc4ccccn4)Cc4ccccn4)cccc23)cc1. The second-order valence-corrected chi connectivity index (χ2v) is 14.6. The van der Waals surface area contributed by atoms with Gasteiger partial charge in [0.1, 0.15) is 0 Å². The molecular weight excluding hydrogens is 703 g/mol. The highest BCUT2D eigenvalue weighted by Gasteiger charge is 2.19. The van der Waals surface area contributed by atoms with Crippen LogP contribution in [0.1, 0.15) is 50.6 Å². The van der Waals surface area contributed by atoms with Gasteiger partial charge in [0.05, 0.1) is 47.0 Å². The van der Waals surface area contributed by atoms with E-state index in [9.17, 15) is 0 Å². The van der Waals surface area contributed by atoms with E-state index in [1.165, 1.54) is 11.1 Å². The molecule has 0 aliphatic rings. The van der Waals surface area contributed by atoms with E-state index >= 15 is 0 Å². The van der Waals surface area contributed by atoms with Gasteiger partial charge in [-0.3, -0.25) is 29.7 Å². The molecule has 0 atom stereocenters. The average Bonchev–Trinajstić information content (AvgIpc) is 3.24. The second-order valence-electron chi connectivity index (χ2n) is 14.6. The number of benzene rings is 3. The van der Waals surface area contributed by atoms with Crippen molar-refractivity contribution in [3.8, 4) is 0 Å². The number of hydrogen-bond acceptors (Lipinski definition) is 8. The zero-order valence-electron chi connectivity index (χ0n) is 32.4. The van der Waals surface area contributed by atoms with Gasteiger partial charge in [0.2, 0.25) is 0 Å². The Morgan fingerprint density at radius 3 is 1.30 bits per heavy atom. The highest BCUT2D eigenvalue weighted by molar-refractivity contribution is 5.99. The molecule has 0 bridgehead atoms. The number of aryl methyl sites for hydroxylation is 1. The summed E-state index contributed by atoms with van der Waals surface area (Å²) in [7, 11) is 0. The largest absolute Gasteiger partial charge is 0.376 e. The number of aromatic nitrogens is 5. The van der Waals surface area contributed by atoms with Gasteiger partial charge in [0.15, 0.2) is 0 Å². The minimum atomic E-state index is 0.478. The predicted molar refractivity (Wildman–Crippen MR) is 227 cm³/mol. The fourth-order valence-corrected chi connectivity index (χ4v) is 7.42. The molecular formula is C49H47N7O. The molecule has 5 aromatic heterocycles. The highest BCUT2D eigenvalue weighted by Crippen LogP contribution is 2.32. The van der Waals surface area contributed by atoms with Crippen molar-refractivity contribution < 1.29 is 4.74 Å². The van der Waals surface area contributed by atoms with Gasteiger partial charge in [-0.2, -0.15) is 0 Å². The lowest BCUT2D eigenvalue weighted by molar-refractivity contribution is 0.125. The fourth-order valence-electron chi connectivity index (χ4n) is 7.42. The highest BCUT2D eigenvalue weighted by atomic mass is 16.5. The third-order valence-electron chi connectivity index (χ3n) is 10.3. The first kappa shape index (κ1) is 37.7. The van der Waals surface area contributed by atoms with Crippen LogP contribution in [-0.2, 0) is 57.0 Å². The van der Waals surface area contributed by atoms with Crippen molar-refractivity contribution in [3.63, 3.8) is 0 Å². The maximum absolute atomic E-state index is 6.55. The van der Waals surface area contributed by atoms with E-state index in [4.69, 9.17) is 9.72 Å². The van der Waals surface area contributed by atoms with Crippen molar-refractivity contribution >= 4 is 21.8 Å². The molecule has 0 amide bonds. The number of ether oxygens (including phenoxy) is 1. The van der Waals surface area contributed by atoms with Gasteiger partial charge >= 0.3 is 0 Å².